The molecule has 1 saturated carbocycles. The van der Waals surface area contributed by atoms with E-state index < -0.39 is 0 Å². The summed E-state index contributed by atoms with van der Waals surface area (Å²) in [6.07, 6.45) is 9.88. The molecule has 2 N–H and O–H groups in total. The Kier molecular flexibility index (Phi) is 5.41. The highest BCUT2D eigenvalue weighted by Crippen LogP contribution is 2.26. The van der Waals surface area contributed by atoms with Crippen LogP contribution >= 0.6 is 0 Å². The molecule has 1 heterocycles. The summed E-state index contributed by atoms with van der Waals surface area (Å²) in [7, 11) is 2.18. The van der Waals surface area contributed by atoms with E-state index in [1.165, 1.54) is 43.2 Å². The lowest BCUT2D eigenvalue weighted by Crippen LogP contribution is -2.28. The van der Waals surface area contributed by atoms with E-state index in [2.05, 4.69) is 29.9 Å². The molecule has 0 spiro atoms. The lowest BCUT2D eigenvalue weighted by atomic mass is 9.89. The second kappa shape index (κ2) is 7.07. The Morgan fingerprint density at radius 3 is 2.65 bits per heavy atom. The van der Waals surface area contributed by atoms with E-state index in [0.29, 0.717) is 0 Å². The van der Waals surface area contributed by atoms with E-state index in [1.807, 2.05) is 13.1 Å². The van der Waals surface area contributed by atoms with Gasteiger partial charge in [0.15, 0.2) is 0 Å². The fourth-order valence-corrected chi connectivity index (χ4v) is 3.35. The summed E-state index contributed by atoms with van der Waals surface area (Å²) < 4.78 is 0. The van der Waals surface area contributed by atoms with Gasteiger partial charge < -0.3 is 10.6 Å². The molecule has 1 aromatic heterocycles. The molecule has 1 aliphatic carbocycles. The molecule has 20 heavy (non-hydrogen) atoms. The first kappa shape index (κ1) is 15.3. The lowest BCUT2D eigenvalue weighted by Gasteiger charge is -2.28. The molecule has 0 bridgehead atoms. The van der Waals surface area contributed by atoms with Crippen molar-refractivity contribution in [2.24, 2.45) is 11.7 Å². The van der Waals surface area contributed by atoms with Gasteiger partial charge in [-0.15, -0.1) is 0 Å². The van der Waals surface area contributed by atoms with Gasteiger partial charge in [-0.2, -0.15) is 0 Å². The maximum absolute atomic E-state index is 5.86. The van der Waals surface area contributed by atoms with Crippen LogP contribution in [0.25, 0.3) is 0 Å². The zero-order chi connectivity index (χ0) is 14.5. The average Bonchev–Trinajstić information content (AvgIpc) is 2.39. The van der Waals surface area contributed by atoms with Gasteiger partial charge in [0, 0.05) is 25.8 Å². The zero-order valence-corrected chi connectivity index (χ0v) is 13.2. The molecule has 1 atom stereocenters. The summed E-state index contributed by atoms with van der Waals surface area (Å²) in [5, 5.41) is 0. The fourth-order valence-electron chi connectivity index (χ4n) is 3.35. The molecule has 2 rings (SSSR count). The van der Waals surface area contributed by atoms with Crippen molar-refractivity contribution in [2.45, 2.75) is 58.4 Å². The summed E-state index contributed by atoms with van der Waals surface area (Å²) in [5.74, 6) is 1.97. The summed E-state index contributed by atoms with van der Waals surface area (Å²) in [4.78, 5) is 7.00. The minimum Gasteiger partial charge on any atom is -0.359 e. The van der Waals surface area contributed by atoms with E-state index in [-0.39, 0.29) is 6.04 Å². The molecular formula is C17H29N3. The first-order valence-electron chi connectivity index (χ1n) is 7.98. The standard InChI is InChI=1S/C17H29N3/c1-13-9-16(10-14(2)18)11-19-17(13)20(3)12-15-7-5-4-6-8-15/h9,11,14-15H,4-8,10,12,18H2,1-3H3. The lowest BCUT2D eigenvalue weighted by molar-refractivity contribution is 0.361. The number of nitrogens with zero attached hydrogens (tertiary/aromatic N) is 2. The van der Waals surface area contributed by atoms with Crippen LogP contribution in [-0.2, 0) is 6.42 Å². The van der Waals surface area contributed by atoms with Crippen LogP contribution in [0.3, 0.4) is 0 Å². The predicted molar refractivity (Wildman–Crippen MR) is 86.2 cm³/mol. The van der Waals surface area contributed by atoms with Crippen LogP contribution in [0.5, 0.6) is 0 Å². The molecule has 0 saturated heterocycles. The van der Waals surface area contributed by atoms with Gasteiger partial charge in [0.2, 0.25) is 0 Å². The minimum absolute atomic E-state index is 0.196. The average molecular weight is 275 g/mol. The molecule has 1 aromatic rings. The predicted octanol–water partition coefficient (Wildman–Crippen LogP) is 3.30. The molecule has 3 nitrogen and oxygen atoms in total. The Morgan fingerprint density at radius 2 is 2.05 bits per heavy atom. The molecule has 112 valence electrons. The third-order valence-electron chi connectivity index (χ3n) is 4.28. The minimum atomic E-state index is 0.196. The Morgan fingerprint density at radius 1 is 1.35 bits per heavy atom. The highest BCUT2D eigenvalue weighted by Gasteiger charge is 2.17. The second-order valence-electron chi connectivity index (χ2n) is 6.55. The second-order valence-corrected chi connectivity index (χ2v) is 6.55. The van der Waals surface area contributed by atoms with Crippen LogP contribution in [0.4, 0.5) is 5.82 Å². The van der Waals surface area contributed by atoms with Crippen LogP contribution in [0.2, 0.25) is 0 Å². The third-order valence-corrected chi connectivity index (χ3v) is 4.28. The van der Waals surface area contributed by atoms with Gasteiger partial charge >= 0.3 is 0 Å². The van der Waals surface area contributed by atoms with E-state index in [1.54, 1.807) is 0 Å². The number of nitrogens with two attached hydrogens (primary N) is 1. The quantitative estimate of drug-likeness (QED) is 0.896. The highest BCUT2D eigenvalue weighted by atomic mass is 15.2. The maximum Gasteiger partial charge on any atom is 0.131 e. The number of hydrogen-bond donors (Lipinski definition) is 1. The highest BCUT2D eigenvalue weighted by molar-refractivity contribution is 5.46. The smallest absolute Gasteiger partial charge is 0.131 e. The van der Waals surface area contributed by atoms with Crippen molar-refractivity contribution in [3.63, 3.8) is 0 Å². The Balaban J connectivity index is 2.00. The van der Waals surface area contributed by atoms with Crippen molar-refractivity contribution in [3.05, 3.63) is 23.4 Å². The molecule has 1 fully saturated rings. The fraction of sp³-hybridized carbons (Fsp3) is 0.706. The van der Waals surface area contributed by atoms with Crippen molar-refractivity contribution in [2.75, 3.05) is 18.5 Å². The molecule has 0 radical (unpaired) electrons. The number of hydrogen-bond acceptors (Lipinski definition) is 3. The van der Waals surface area contributed by atoms with E-state index in [4.69, 9.17) is 5.73 Å². The van der Waals surface area contributed by atoms with Crippen LogP contribution in [0.15, 0.2) is 12.3 Å². The molecule has 0 aliphatic heterocycles. The van der Waals surface area contributed by atoms with Gasteiger partial charge in [0.1, 0.15) is 5.82 Å². The number of anilines is 1. The van der Waals surface area contributed by atoms with Gasteiger partial charge in [-0.3, -0.25) is 0 Å². The molecule has 0 aromatic carbocycles. The SMILES string of the molecule is Cc1cc(CC(C)N)cnc1N(C)CC1CCCCC1. The van der Waals surface area contributed by atoms with Crippen molar-refractivity contribution < 1.29 is 0 Å². The number of aromatic nitrogens is 1. The number of aryl methyl sites for hydroxylation is 1. The summed E-state index contributed by atoms with van der Waals surface area (Å²) in [6.45, 7) is 5.34. The number of pyridine rings is 1. The Bertz CT molecular complexity index is 422. The zero-order valence-electron chi connectivity index (χ0n) is 13.2. The normalized spacial score (nSPS) is 18.0. The first-order chi connectivity index (χ1) is 9.56. The van der Waals surface area contributed by atoms with Crippen LogP contribution < -0.4 is 10.6 Å². The molecule has 0 amide bonds. The Labute approximate surface area is 123 Å². The topological polar surface area (TPSA) is 42.1 Å². The number of rotatable bonds is 5. The first-order valence-corrected chi connectivity index (χ1v) is 7.98. The summed E-state index contributed by atoms with van der Waals surface area (Å²) in [5.41, 5.74) is 8.37. The van der Waals surface area contributed by atoms with Gasteiger partial charge in [-0.1, -0.05) is 25.3 Å². The molecule has 1 unspecified atom stereocenters. The van der Waals surface area contributed by atoms with Crippen molar-refractivity contribution in [1.29, 1.82) is 0 Å². The summed E-state index contributed by atoms with van der Waals surface area (Å²) >= 11 is 0. The largest absolute Gasteiger partial charge is 0.359 e. The van der Waals surface area contributed by atoms with Gasteiger partial charge in [-0.25, -0.2) is 4.98 Å². The van der Waals surface area contributed by atoms with Gasteiger partial charge in [0.25, 0.3) is 0 Å². The van der Waals surface area contributed by atoms with E-state index >= 15 is 0 Å². The maximum atomic E-state index is 5.86. The van der Waals surface area contributed by atoms with Crippen molar-refractivity contribution in [3.8, 4) is 0 Å². The molecule has 3 heteroatoms. The molecular weight excluding hydrogens is 246 g/mol. The third kappa shape index (κ3) is 4.20. The Hall–Kier alpha value is -1.09. The van der Waals surface area contributed by atoms with Gasteiger partial charge in [-0.05, 0) is 50.2 Å². The summed E-state index contributed by atoms with van der Waals surface area (Å²) in [6, 6.07) is 2.44. The molecule has 1 aliphatic rings. The van der Waals surface area contributed by atoms with Crippen molar-refractivity contribution in [1.82, 2.24) is 4.98 Å². The van der Waals surface area contributed by atoms with Gasteiger partial charge in [0.05, 0.1) is 0 Å². The van der Waals surface area contributed by atoms with Crippen LogP contribution in [0, 0.1) is 12.8 Å². The van der Waals surface area contributed by atoms with E-state index in [9.17, 15) is 0 Å². The van der Waals surface area contributed by atoms with Crippen LogP contribution in [0.1, 0.15) is 50.2 Å². The van der Waals surface area contributed by atoms with E-state index in [0.717, 1.165) is 24.7 Å². The monoisotopic (exact) mass is 275 g/mol. The van der Waals surface area contributed by atoms with Crippen LogP contribution in [-0.4, -0.2) is 24.6 Å². The van der Waals surface area contributed by atoms with Crippen molar-refractivity contribution >= 4 is 5.82 Å².